The van der Waals surface area contributed by atoms with Gasteiger partial charge in [0.25, 0.3) is 0 Å². The van der Waals surface area contributed by atoms with E-state index in [9.17, 15) is 23.5 Å². The second-order valence-corrected chi connectivity index (χ2v) is 9.75. The van der Waals surface area contributed by atoms with Crippen LogP contribution in [0.15, 0.2) is 36.4 Å². The van der Waals surface area contributed by atoms with Gasteiger partial charge in [0.1, 0.15) is 29.6 Å². The summed E-state index contributed by atoms with van der Waals surface area (Å²) in [4.78, 5) is 25.3. The lowest BCUT2D eigenvalue weighted by molar-refractivity contribution is -0.142. The van der Waals surface area contributed by atoms with Crippen molar-refractivity contribution in [1.82, 2.24) is 5.32 Å². The van der Waals surface area contributed by atoms with E-state index in [1.165, 1.54) is 0 Å². The monoisotopic (exact) mass is 516 g/mol. The van der Waals surface area contributed by atoms with Gasteiger partial charge in [-0.2, -0.15) is 0 Å². The van der Waals surface area contributed by atoms with Gasteiger partial charge in [0.15, 0.2) is 0 Å². The van der Waals surface area contributed by atoms with Crippen LogP contribution in [0.5, 0.6) is 5.75 Å². The van der Waals surface area contributed by atoms with E-state index >= 15 is 0 Å². The van der Waals surface area contributed by atoms with Crippen molar-refractivity contribution in [2.24, 2.45) is 5.92 Å². The highest BCUT2D eigenvalue weighted by Crippen LogP contribution is 2.47. The number of carbonyl (C=O) groups is 2. The molecule has 3 aliphatic rings. The lowest BCUT2D eigenvalue weighted by Crippen LogP contribution is -2.47. The Labute approximate surface area is 213 Å². The van der Waals surface area contributed by atoms with Crippen molar-refractivity contribution in [3.05, 3.63) is 59.2 Å². The first-order valence-corrected chi connectivity index (χ1v) is 12.6. The summed E-state index contributed by atoms with van der Waals surface area (Å²) >= 11 is 0. The Balaban J connectivity index is 1.24. The van der Waals surface area contributed by atoms with E-state index in [-0.39, 0.29) is 48.8 Å². The smallest absolute Gasteiger partial charge is 0.227 e. The number of fused-ring (bicyclic) bond motifs is 3. The zero-order valence-electron chi connectivity index (χ0n) is 20.3. The third kappa shape index (κ3) is 5.76. The maximum Gasteiger partial charge on any atom is 0.227 e. The summed E-state index contributed by atoms with van der Waals surface area (Å²) in [5, 5.41) is 15.6. The summed E-state index contributed by atoms with van der Waals surface area (Å²) in [7, 11) is 0. The van der Waals surface area contributed by atoms with Crippen LogP contribution in [0.25, 0.3) is 0 Å². The molecule has 198 valence electrons. The fourth-order valence-corrected chi connectivity index (χ4v) is 5.32. The first-order valence-electron chi connectivity index (χ1n) is 12.6. The molecule has 0 saturated carbocycles. The molecular formula is C27H30F2N2O6. The van der Waals surface area contributed by atoms with E-state index in [0.717, 1.165) is 23.8 Å². The molecule has 0 spiro atoms. The Bertz CT molecular complexity index is 1160. The van der Waals surface area contributed by atoms with Crippen LogP contribution in [0, 0.1) is 17.6 Å². The van der Waals surface area contributed by atoms with Gasteiger partial charge in [0.2, 0.25) is 11.8 Å². The number of aliphatic hydroxyl groups is 1. The maximum atomic E-state index is 13.9. The van der Waals surface area contributed by atoms with Crippen molar-refractivity contribution in [1.29, 1.82) is 0 Å². The normalized spacial score (nSPS) is 25.1. The molecule has 0 radical (unpaired) electrons. The van der Waals surface area contributed by atoms with E-state index in [4.69, 9.17) is 14.2 Å². The van der Waals surface area contributed by atoms with Crippen molar-refractivity contribution < 1.29 is 37.7 Å². The van der Waals surface area contributed by atoms with Crippen molar-refractivity contribution >= 4 is 17.5 Å². The topological polar surface area (TPSA) is 106 Å². The number of aliphatic hydroxyl groups excluding tert-OH is 1. The van der Waals surface area contributed by atoms with Crippen molar-refractivity contribution in [3.63, 3.8) is 0 Å². The minimum Gasteiger partial charge on any atom is -0.487 e. The average Bonchev–Trinajstić information content (AvgIpc) is 3.27. The maximum absolute atomic E-state index is 13.9. The summed E-state index contributed by atoms with van der Waals surface area (Å²) in [6.07, 6.45) is 0.281. The lowest BCUT2D eigenvalue weighted by Gasteiger charge is -2.37. The second-order valence-electron chi connectivity index (χ2n) is 9.75. The Morgan fingerprint density at radius 3 is 2.68 bits per heavy atom. The molecule has 2 aromatic rings. The SMILES string of the molecule is O=C(C[C@@H]1C[C@@H]2c3cc(NC(=O)C4CCOCC4)ccc3O[C@@H]2[C@H](CO)O1)NCc1cc(F)ccc1F. The molecule has 0 aromatic heterocycles. The van der Waals surface area contributed by atoms with E-state index in [0.29, 0.717) is 43.9 Å². The van der Waals surface area contributed by atoms with Crippen LogP contribution >= 0.6 is 0 Å². The third-order valence-corrected chi connectivity index (χ3v) is 7.26. The minimum atomic E-state index is -0.634. The molecule has 3 aliphatic heterocycles. The Hall–Kier alpha value is -3.08. The predicted octanol–water partition coefficient (Wildman–Crippen LogP) is 3.03. The molecule has 4 atom stereocenters. The average molecular weight is 517 g/mol. The fourth-order valence-electron chi connectivity index (χ4n) is 5.32. The van der Waals surface area contributed by atoms with Gasteiger partial charge >= 0.3 is 0 Å². The number of anilines is 1. The van der Waals surface area contributed by atoms with E-state index in [2.05, 4.69) is 10.6 Å². The fraction of sp³-hybridized carbons (Fsp3) is 0.481. The van der Waals surface area contributed by atoms with Crippen LogP contribution in [-0.2, 0) is 25.6 Å². The highest BCUT2D eigenvalue weighted by atomic mass is 19.1. The summed E-state index contributed by atoms with van der Waals surface area (Å²) < 4.78 is 44.7. The molecule has 0 aliphatic carbocycles. The molecule has 10 heteroatoms. The highest BCUT2D eigenvalue weighted by molar-refractivity contribution is 5.92. The molecule has 2 saturated heterocycles. The van der Waals surface area contributed by atoms with Crippen LogP contribution < -0.4 is 15.4 Å². The van der Waals surface area contributed by atoms with Crippen LogP contribution in [0.4, 0.5) is 14.5 Å². The standard InChI is InChI=1S/C27H30F2N2O6/c28-17-1-3-22(29)16(9-17)13-30-25(33)12-19-11-21-20-10-18(31-27(34)15-5-7-35-8-6-15)2-4-23(20)37-26(21)24(14-32)36-19/h1-4,9-10,15,19,21,24,26,32H,5-8,11-14H2,(H,30,33)(H,31,34)/t19-,21+,24-,26-/m0/s1. The summed E-state index contributed by atoms with van der Waals surface area (Å²) in [5.41, 5.74) is 1.61. The number of hydrogen-bond donors (Lipinski definition) is 3. The van der Waals surface area contributed by atoms with E-state index in [1.54, 1.807) is 12.1 Å². The Morgan fingerprint density at radius 1 is 1.08 bits per heavy atom. The third-order valence-electron chi connectivity index (χ3n) is 7.26. The number of nitrogens with one attached hydrogen (secondary N) is 2. The van der Waals surface area contributed by atoms with Crippen molar-refractivity contribution in [2.45, 2.75) is 56.5 Å². The molecule has 3 heterocycles. The first-order chi connectivity index (χ1) is 17.9. The number of carbonyl (C=O) groups excluding carboxylic acids is 2. The molecule has 5 rings (SSSR count). The van der Waals surface area contributed by atoms with E-state index in [1.807, 2.05) is 6.07 Å². The number of benzene rings is 2. The van der Waals surface area contributed by atoms with Gasteiger partial charge in [-0.1, -0.05) is 0 Å². The largest absolute Gasteiger partial charge is 0.487 e. The van der Waals surface area contributed by atoms with Gasteiger partial charge in [0.05, 0.1) is 19.1 Å². The second kappa shape index (κ2) is 11.1. The Morgan fingerprint density at radius 2 is 1.89 bits per heavy atom. The minimum absolute atomic E-state index is 0.00777. The Kier molecular flexibility index (Phi) is 7.68. The number of halogens is 2. The number of ether oxygens (including phenoxy) is 3. The molecular weight excluding hydrogens is 486 g/mol. The summed E-state index contributed by atoms with van der Waals surface area (Å²) in [6.45, 7) is 0.727. The molecule has 0 unspecified atom stereocenters. The molecule has 2 amide bonds. The quantitative estimate of drug-likeness (QED) is 0.523. The lowest BCUT2D eigenvalue weighted by atomic mass is 9.84. The van der Waals surface area contributed by atoms with Gasteiger partial charge in [-0.15, -0.1) is 0 Å². The van der Waals surface area contributed by atoms with Gasteiger partial charge in [-0.25, -0.2) is 8.78 Å². The van der Waals surface area contributed by atoms with Crippen molar-refractivity contribution in [3.8, 4) is 5.75 Å². The molecule has 2 aromatic carbocycles. The van der Waals surface area contributed by atoms with Gasteiger partial charge < -0.3 is 30.0 Å². The van der Waals surface area contributed by atoms with Crippen molar-refractivity contribution in [2.75, 3.05) is 25.1 Å². The summed E-state index contributed by atoms with van der Waals surface area (Å²) in [6, 6.07) is 8.57. The van der Waals surface area contributed by atoms with Gasteiger partial charge in [-0.05, 0) is 55.7 Å². The number of rotatable bonds is 7. The predicted molar refractivity (Wildman–Crippen MR) is 129 cm³/mol. The zero-order chi connectivity index (χ0) is 25.9. The molecule has 8 nitrogen and oxygen atoms in total. The molecule has 3 N–H and O–H groups in total. The van der Waals surface area contributed by atoms with Gasteiger partial charge in [-0.3, -0.25) is 9.59 Å². The molecule has 2 fully saturated rings. The highest BCUT2D eigenvalue weighted by Gasteiger charge is 2.46. The van der Waals surface area contributed by atoms with Crippen LogP contribution in [-0.4, -0.2) is 55.1 Å². The molecule has 37 heavy (non-hydrogen) atoms. The van der Waals surface area contributed by atoms with Crippen LogP contribution in [0.2, 0.25) is 0 Å². The van der Waals surface area contributed by atoms with Gasteiger partial charge in [0, 0.05) is 48.4 Å². The van der Waals surface area contributed by atoms with Crippen LogP contribution in [0.1, 0.15) is 42.7 Å². The first kappa shape index (κ1) is 25.6. The number of amides is 2. The summed E-state index contributed by atoms with van der Waals surface area (Å²) in [5.74, 6) is -1.16. The van der Waals surface area contributed by atoms with E-state index < -0.39 is 29.9 Å². The number of hydrogen-bond acceptors (Lipinski definition) is 6. The van der Waals surface area contributed by atoms with Crippen LogP contribution in [0.3, 0.4) is 0 Å². The molecule has 0 bridgehead atoms. The zero-order valence-corrected chi connectivity index (χ0v) is 20.3.